The maximum atomic E-state index is 13.4. The van der Waals surface area contributed by atoms with Gasteiger partial charge in [0.05, 0.1) is 17.9 Å². The Morgan fingerprint density at radius 3 is 2.54 bits per heavy atom. The number of H-pyrrole nitrogens is 1. The Bertz CT molecular complexity index is 1220. The van der Waals surface area contributed by atoms with Crippen LogP contribution in [0.2, 0.25) is 0 Å². The number of esters is 1. The summed E-state index contributed by atoms with van der Waals surface area (Å²) in [6.45, 7) is 4.13. The zero-order valence-electron chi connectivity index (χ0n) is 21.8. The van der Waals surface area contributed by atoms with E-state index in [1.165, 1.54) is 42.5 Å². The minimum absolute atomic E-state index is 0.0824. The zero-order valence-corrected chi connectivity index (χ0v) is 21.8. The molecular formula is C28H32F3N3O5. The number of alkyl halides is 3. The first-order valence-electron chi connectivity index (χ1n) is 12.8. The number of aromatic nitrogens is 1. The molecule has 1 aliphatic heterocycles. The largest absolute Gasteiger partial charge is 0.463 e. The van der Waals surface area contributed by atoms with Crippen molar-refractivity contribution >= 4 is 23.6 Å². The van der Waals surface area contributed by atoms with Crippen LogP contribution in [0, 0.1) is 11.8 Å². The number of hydrogen-bond donors (Lipinski definition) is 3. The van der Waals surface area contributed by atoms with Crippen LogP contribution in [0.5, 0.6) is 0 Å². The molecule has 3 N–H and O–H groups in total. The number of amides is 2. The number of rotatable bonds is 12. The Kier molecular flexibility index (Phi) is 10.1. The van der Waals surface area contributed by atoms with Gasteiger partial charge in [0.1, 0.15) is 0 Å². The third-order valence-corrected chi connectivity index (χ3v) is 6.58. The number of hydrogen-bond acceptors (Lipinski definition) is 5. The highest BCUT2D eigenvalue weighted by molar-refractivity contribution is 5.98. The molecule has 0 aliphatic carbocycles. The van der Waals surface area contributed by atoms with Gasteiger partial charge < -0.3 is 20.4 Å². The fourth-order valence-corrected chi connectivity index (χ4v) is 4.48. The second-order valence-corrected chi connectivity index (χ2v) is 9.30. The number of nitrogens with one attached hydrogen (secondary N) is 3. The van der Waals surface area contributed by atoms with Gasteiger partial charge >= 0.3 is 12.1 Å². The molecule has 11 heteroatoms. The van der Waals surface area contributed by atoms with Crippen molar-refractivity contribution in [2.75, 3.05) is 13.2 Å². The van der Waals surface area contributed by atoms with Crippen LogP contribution in [0.1, 0.15) is 55.6 Å². The third kappa shape index (κ3) is 8.05. The van der Waals surface area contributed by atoms with E-state index in [4.69, 9.17) is 4.74 Å². The molecule has 210 valence electrons. The Balaban J connectivity index is 1.71. The van der Waals surface area contributed by atoms with E-state index in [0.717, 1.165) is 6.07 Å². The summed E-state index contributed by atoms with van der Waals surface area (Å²) in [6, 6.07) is 7.22. The van der Waals surface area contributed by atoms with E-state index in [1.807, 2.05) is 0 Å². The highest BCUT2D eigenvalue weighted by Gasteiger charge is 2.34. The predicted octanol–water partition coefficient (Wildman–Crippen LogP) is 4.43. The van der Waals surface area contributed by atoms with Gasteiger partial charge in [0.2, 0.25) is 11.8 Å². The Labute approximate surface area is 224 Å². The van der Waals surface area contributed by atoms with Crippen LogP contribution in [0.4, 0.5) is 13.2 Å². The van der Waals surface area contributed by atoms with Gasteiger partial charge in [0, 0.05) is 48.2 Å². The number of ketones is 1. The van der Waals surface area contributed by atoms with Crippen LogP contribution in [0.25, 0.3) is 11.3 Å². The summed E-state index contributed by atoms with van der Waals surface area (Å²) in [6.07, 6.45) is -0.869. The smallest absolute Gasteiger partial charge is 0.417 e. The number of Topliss-reactive ketones (excluding diaryl/α,β-unsaturated/α-hetero) is 1. The molecule has 2 amide bonds. The molecule has 3 rings (SSSR count). The standard InChI is InChI=1S/C28H32F3N3O5/c1-3-17(27(38)33-19(9-12-25(36)39-4-2)15-18-13-14-32-26(18)37)16-24(35)23-11-10-22(34-23)20-7-5-6-8-21(20)28(29,30)31/h5-12,17-19,34H,3-4,13-16H2,1-2H3,(H,32,37)(H,33,38)/b12-9+/t17-,18+,19-/m0/s1. The van der Waals surface area contributed by atoms with E-state index in [-0.39, 0.29) is 48.2 Å². The van der Waals surface area contributed by atoms with Crippen molar-refractivity contribution in [2.24, 2.45) is 11.8 Å². The summed E-state index contributed by atoms with van der Waals surface area (Å²) in [7, 11) is 0. The Hall–Kier alpha value is -3.89. The van der Waals surface area contributed by atoms with Crippen LogP contribution in [0.3, 0.4) is 0 Å². The van der Waals surface area contributed by atoms with Crippen molar-refractivity contribution in [1.29, 1.82) is 0 Å². The predicted molar refractivity (Wildman–Crippen MR) is 137 cm³/mol. The van der Waals surface area contributed by atoms with Crippen LogP contribution in [-0.4, -0.2) is 47.7 Å². The second-order valence-electron chi connectivity index (χ2n) is 9.30. The summed E-state index contributed by atoms with van der Waals surface area (Å²) in [5, 5.41) is 5.56. The van der Waals surface area contributed by atoms with Gasteiger partial charge in [0.15, 0.2) is 5.78 Å². The van der Waals surface area contributed by atoms with E-state index in [2.05, 4.69) is 15.6 Å². The van der Waals surface area contributed by atoms with Gasteiger partial charge in [-0.25, -0.2) is 4.79 Å². The fourth-order valence-electron chi connectivity index (χ4n) is 4.48. The molecule has 1 fully saturated rings. The van der Waals surface area contributed by atoms with Crippen molar-refractivity contribution in [1.82, 2.24) is 15.6 Å². The number of halogens is 3. The molecular weight excluding hydrogens is 515 g/mol. The van der Waals surface area contributed by atoms with Gasteiger partial charge in [-0.05, 0) is 44.4 Å². The molecule has 3 atom stereocenters. The van der Waals surface area contributed by atoms with Crippen molar-refractivity contribution < 1.29 is 37.1 Å². The van der Waals surface area contributed by atoms with E-state index >= 15 is 0 Å². The number of carbonyl (C=O) groups is 4. The highest BCUT2D eigenvalue weighted by Crippen LogP contribution is 2.36. The van der Waals surface area contributed by atoms with E-state index in [1.54, 1.807) is 13.8 Å². The average molecular weight is 548 g/mol. The molecule has 39 heavy (non-hydrogen) atoms. The lowest BCUT2D eigenvalue weighted by molar-refractivity contribution is -0.138. The first kappa shape index (κ1) is 29.7. The summed E-state index contributed by atoms with van der Waals surface area (Å²) in [5.74, 6) is -2.64. The first-order chi connectivity index (χ1) is 18.5. The molecule has 1 aliphatic rings. The lowest BCUT2D eigenvalue weighted by Crippen LogP contribution is -2.40. The second kappa shape index (κ2) is 13.3. The van der Waals surface area contributed by atoms with Gasteiger partial charge in [-0.3, -0.25) is 14.4 Å². The molecule has 2 heterocycles. The van der Waals surface area contributed by atoms with E-state index in [9.17, 15) is 32.3 Å². The fraction of sp³-hybridized carbons (Fsp3) is 0.429. The number of carbonyl (C=O) groups excluding carboxylic acids is 4. The van der Waals surface area contributed by atoms with Crippen LogP contribution >= 0.6 is 0 Å². The molecule has 1 aromatic carbocycles. The van der Waals surface area contributed by atoms with Crippen LogP contribution in [-0.2, 0) is 25.3 Å². The summed E-state index contributed by atoms with van der Waals surface area (Å²) >= 11 is 0. The SMILES string of the molecule is CCOC(=O)/C=C/[C@@H](C[C@H]1CCNC1=O)NC(=O)[C@@H](CC)CC(=O)c1ccc(-c2ccccc2C(F)(F)F)[nH]1. The number of aromatic amines is 1. The van der Waals surface area contributed by atoms with Crippen molar-refractivity contribution in [3.8, 4) is 11.3 Å². The topological polar surface area (TPSA) is 117 Å². The maximum absolute atomic E-state index is 13.4. The summed E-state index contributed by atoms with van der Waals surface area (Å²) in [5.41, 5.74) is -0.673. The minimum atomic E-state index is -4.56. The lowest BCUT2D eigenvalue weighted by atomic mass is 9.94. The average Bonchev–Trinajstić information content (AvgIpc) is 3.55. The molecule has 0 unspecified atom stereocenters. The Morgan fingerprint density at radius 1 is 1.15 bits per heavy atom. The minimum Gasteiger partial charge on any atom is -0.463 e. The maximum Gasteiger partial charge on any atom is 0.417 e. The van der Waals surface area contributed by atoms with Crippen molar-refractivity contribution in [2.45, 2.75) is 51.7 Å². The Morgan fingerprint density at radius 2 is 1.90 bits per heavy atom. The van der Waals surface area contributed by atoms with Gasteiger partial charge in [0.25, 0.3) is 0 Å². The van der Waals surface area contributed by atoms with Gasteiger partial charge in [-0.1, -0.05) is 31.2 Å². The van der Waals surface area contributed by atoms with Crippen LogP contribution < -0.4 is 10.6 Å². The molecule has 8 nitrogen and oxygen atoms in total. The monoisotopic (exact) mass is 547 g/mol. The normalized spacial score (nSPS) is 17.1. The van der Waals surface area contributed by atoms with Crippen LogP contribution in [0.15, 0.2) is 48.6 Å². The van der Waals surface area contributed by atoms with Gasteiger partial charge in [-0.2, -0.15) is 13.2 Å². The van der Waals surface area contributed by atoms with Crippen molar-refractivity contribution in [3.63, 3.8) is 0 Å². The lowest BCUT2D eigenvalue weighted by Gasteiger charge is -2.21. The molecule has 2 aromatic rings. The molecule has 0 radical (unpaired) electrons. The molecule has 0 saturated carbocycles. The summed E-state index contributed by atoms with van der Waals surface area (Å²) < 4.78 is 45.1. The third-order valence-electron chi connectivity index (χ3n) is 6.58. The molecule has 0 bridgehead atoms. The first-order valence-corrected chi connectivity index (χ1v) is 12.8. The van der Waals surface area contributed by atoms with E-state index < -0.39 is 41.4 Å². The molecule has 0 spiro atoms. The zero-order chi connectivity index (χ0) is 28.6. The highest BCUT2D eigenvalue weighted by atomic mass is 19.4. The van der Waals surface area contributed by atoms with Crippen molar-refractivity contribution in [3.05, 3.63) is 59.8 Å². The molecule has 1 saturated heterocycles. The molecule has 1 aromatic heterocycles. The number of ether oxygens (including phenoxy) is 1. The van der Waals surface area contributed by atoms with Gasteiger partial charge in [-0.15, -0.1) is 0 Å². The quantitative estimate of drug-likeness (QED) is 0.207. The van der Waals surface area contributed by atoms with E-state index in [0.29, 0.717) is 19.4 Å². The number of benzene rings is 1. The summed E-state index contributed by atoms with van der Waals surface area (Å²) in [4.78, 5) is 52.7.